The number of rotatable bonds is 1. The van der Waals surface area contributed by atoms with Crippen molar-refractivity contribution in [3.8, 4) is 0 Å². The maximum Gasteiger partial charge on any atom is 0.416 e. The van der Waals surface area contributed by atoms with Crippen LogP contribution in [-0.2, 0) is 17.4 Å². The summed E-state index contributed by atoms with van der Waals surface area (Å²) >= 11 is 0. The van der Waals surface area contributed by atoms with E-state index in [1.807, 2.05) is 0 Å². The summed E-state index contributed by atoms with van der Waals surface area (Å²) < 4.78 is 39.0. The van der Waals surface area contributed by atoms with E-state index in [-0.39, 0.29) is 17.9 Å². The first-order chi connectivity index (χ1) is 9.47. The van der Waals surface area contributed by atoms with Gasteiger partial charge in [0.2, 0.25) is 5.91 Å². The molecular weight excluding hydrogens is 269 g/mol. The van der Waals surface area contributed by atoms with Crippen LogP contribution in [0.1, 0.15) is 30.4 Å². The highest BCUT2D eigenvalue weighted by molar-refractivity contribution is 6.03. The molecule has 1 aromatic rings. The van der Waals surface area contributed by atoms with E-state index in [0.717, 1.165) is 44.1 Å². The molecule has 1 aromatic carbocycles. The number of hydrogen-bond donors (Lipinski definition) is 1. The van der Waals surface area contributed by atoms with Crippen LogP contribution in [0.15, 0.2) is 12.1 Å². The number of amides is 1. The smallest absolute Gasteiger partial charge is 0.370 e. The molecule has 1 fully saturated rings. The summed E-state index contributed by atoms with van der Waals surface area (Å²) in [6.07, 6.45) is -1.40. The van der Waals surface area contributed by atoms with Gasteiger partial charge in [0.1, 0.15) is 0 Å². The molecule has 3 nitrogen and oxygen atoms in total. The Labute approximate surface area is 114 Å². The molecule has 0 saturated carbocycles. The average molecular weight is 284 g/mol. The minimum absolute atomic E-state index is 0.0885. The van der Waals surface area contributed by atoms with E-state index in [1.165, 1.54) is 6.07 Å². The number of hydrogen-bond acceptors (Lipinski definition) is 2. The van der Waals surface area contributed by atoms with Crippen LogP contribution in [-0.4, -0.2) is 19.0 Å². The second-order valence-electron chi connectivity index (χ2n) is 5.26. The first-order valence-corrected chi connectivity index (χ1v) is 6.74. The van der Waals surface area contributed by atoms with E-state index >= 15 is 0 Å². The molecule has 2 heterocycles. The SMILES string of the molecule is O=C1Cc2c(C(F)(F)F)ccc(N3CCCCC3)c2N1. The van der Waals surface area contributed by atoms with Crippen LogP contribution in [0.2, 0.25) is 0 Å². The third-order valence-electron chi connectivity index (χ3n) is 3.89. The third-order valence-corrected chi connectivity index (χ3v) is 3.89. The molecule has 0 aromatic heterocycles. The van der Waals surface area contributed by atoms with Gasteiger partial charge in [0.15, 0.2) is 0 Å². The van der Waals surface area contributed by atoms with Gasteiger partial charge in [-0.2, -0.15) is 13.2 Å². The molecule has 0 unspecified atom stereocenters. The van der Waals surface area contributed by atoms with E-state index in [4.69, 9.17) is 0 Å². The van der Waals surface area contributed by atoms with Crippen molar-refractivity contribution in [2.24, 2.45) is 0 Å². The van der Waals surface area contributed by atoms with E-state index in [9.17, 15) is 18.0 Å². The van der Waals surface area contributed by atoms with Crippen molar-refractivity contribution in [1.29, 1.82) is 0 Å². The molecule has 0 spiro atoms. The highest BCUT2D eigenvalue weighted by Gasteiger charge is 2.38. The normalized spacial score (nSPS) is 18.9. The monoisotopic (exact) mass is 284 g/mol. The predicted molar refractivity (Wildman–Crippen MR) is 69.8 cm³/mol. The topological polar surface area (TPSA) is 32.3 Å². The largest absolute Gasteiger partial charge is 0.416 e. The first kappa shape index (κ1) is 13.3. The van der Waals surface area contributed by atoms with Crippen molar-refractivity contribution in [1.82, 2.24) is 0 Å². The van der Waals surface area contributed by atoms with E-state index < -0.39 is 11.7 Å². The van der Waals surface area contributed by atoms with Crippen molar-refractivity contribution in [2.75, 3.05) is 23.3 Å². The lowest BCUT2D eigenvalue weighted by molar-refractivity contribution is -0.138. The van der Waals surface area contributed by atoms with Crippen LogP contribution in [0.25, 0.3) is 0 Å². The average Bonchev–Trinajstić information content (AvgIpc) is 2.78. The number of nitrogens with zero attached hydrogens (tertiary/aromatic N) is 1. The fourth-order valence-corrected chi connectivity index (χ4v) is 2.97. The number of carbonyl (C=O) groups is 1. The fraction of sp³-hybridized carbons (Fsp3) is 0.500. The molecule has 0 radical (unpaired) electrons. The lowest BCUT2D eigenvalue weighted by atomic mass is 10.0. The summed E-state index contributed by atoms with van der Waals surface area (Å²) in [5.41, 5.74) is 0.461. The molecule has 0 aliphatic carbocycles. The Morgan fingerprint density at radius 1 is 1.10 bits per heavy atom. The molecule has 1 amide bonds. The number of benzene rings is 1. The van der Waals surface area contributed by atoms with Gasteiger partial charge < -0.3 is 10.2 Å². The molecule has 108 valence electrons. The molecule has 6 heteroatoms. The number of piperidine rings is 1. The van der Waals surface area contributed by atoms with Crippen LogP contribution >= 0.6 is 0 Å². The first-order valence-electron chi connectivity index (χ1n) is 6.74. The van der Waals surface area contributed by atoms with Gasteiger partial charge in [0.25, 0.3) is 0 Å². The number of halogens is 3. The second kappa shape index (κ2) is 4.68. The minimum atomic E-state index is -4.42. The number of fused-ring (bicyclic) bond motifs is 1. The van der Waals surface area contributed by atoms with E-state index in [1.54, 1.807) is 0 Å². The summed E-state index contributed by atoms with van der Waals surface area (Å²) in [5.74, 6) is -0.366. The van der Waals surface area contributed by atoms with Gasteiger partial charge in [-0.1, -0.05) is 0 Å². The molecule has 0 atom stereocenters. The summed E-state index contributed by atoms with van der Waals surface area (Å²) in [6.45, 7) is 1.65. The summed E-state index contributed by atoms with van der Waals surface area (Å²) in [5, 5.41) is 2.60. The number of nitrogens with one attached hydrogen (secondary N) is 1. The Kier molecular flexibility index (Phi) is 3.11. The lowest BCUT2D eigenvalue weighted by Gasteiger charge is -2.30. The van der Waals surface area contributed by atoms with Gasteiger partial charge in [-0.25, -0.2) is 0 Å². The zero-order valence-electron chi connectivity index (χ0n) is 10.9. The Bertz CT molecular complexity index is 548. The zero-order chi connectivity index (χ0) is 14.3. The van der Waals surface area contributed by atoms with Gasteiger partial charge in [0.05, 0.1) is 23.4 Å². The molecule has 2 aliphatic rings. The predicted octanol–water partition coefficient (Wildman–Crippen LogP) is 3.19. The lowest BCUT2D eigenvalue weighted by Crippen LogP contribution is -2.30. The molecule has 1 N–H and O–H groups in total. The maximum absolute atomic E-state index is 13.0. The van der Waals surface area contributed by atoms with Crippen molar-refractivity contribution in [3.05, 3.63) is 23.3 Å². The quantitative estimate of drug-likeness (QED) is 0.859. The van der Waals surface area contributed by atoms with Crippen LogP contribution < -0.4 is 10.2 Å². The number of anilines is 2. The van der Waals surface area contributed by atoms with Gasteiger partial charge in [-0.05, 0) is 37.0 Å². The van der Waals surface area contributed by atoms with Gasteiger partial charge in [-0.3, -0.25) is 4.79 Å². The minimum Gasteiger partial charge on any atom is -0.370 e. The number of carbonyl (C=O) groups excluding carboxylic acids is 1. The molecule has 20 heavy (non-hydrogen) atoms. The molecule has 0 bridgehead atoms. The van der Waals surface area contributed by atoms with Crippen LogP contribution in [0.5, 0.6) is 0 Å². The van der Waals surface area contributed by atoms with Crippen molar-refractivity contribution in [3.63, 3.8) is 0 Å². The Balaban J connectivity index is 2.06. The van der Waals surface area contributed by atoms with Crippen molar-refractivity contribution in [2.45, 2.75) is 31.9 Å². The standard InChI is InChI=1S/C14H15F3N2O/c15-14(16,17)10-4-5-11(19-6-2-1-3-7-19)13-9(10)8-12(20)18-13/h4-5H,1-3,6-8H2,(H,18,20). The van der Waals surface area contributed by atoms with Crippen LogP contribution in [0, 0.1) is 0 Å². The fourth-order valence-electron chi connectivity index (χ4n) is 2.97. The molecule has 1 saturated heterocycles. The number of alkyl halides is 3. The zero-order valence-corrected chi connectivity index (χ0v) is 10.9. The van der Waals surface area contributed by atoms with Crippen molar-refractivity contribution < 1.29 is 18.0 Å². The van der Waals surface area contributed by atoms with E-state index in [2.05, 4.69) is 10.2 Å². The highest BCUT2D eigenvalue weighted by Crippen LogP contribution is 2.43. The van der Waals surface area contributed by atoms with Crippen LogP contribution in [0.4, 0.5) is 24.5 Å². The molecular formula is C14H15F3N2O. The Morgan fingerprint density at radius 3 is 2.45 bits per heavy atom. The Hall–Kier alpha value is -1.72. The highest BCUT2D eigenvalue weighted by atomic mass is 19.4. The third kappa shape index (κ3) is 2.23. The second-order valence-corrected chi connectivity index (χ2v) is 5.26. The summed E-state index contributed by atoms with van der Waals surface area (Å²) in [6, 6.07) is 2.58. The van der Waals surface area contributed by atoms with Crippen LogP contribution in [0.3, 0.4) is 0 Å². The summed E-state index contributed by atoms with van der Waals surface area (Å²) in [4.78, 5) is 13.6. The molecule has 3 rings (SSSR count). The summed E-state index contributed by atoms with van der Waals surface area (Å²) in [7, 11) is 0. The van der Waals surface area contributed by atoms with E-state index in [0.29, 0.717) is 5.69 Å². The maximum atomic E-state index is 13.0. The Morgan fingerprint density at radius 2 is 1.80 bits per heavy atom. The van der Waals surface area contributed by atoms with Gasteiger partial charge in [-0.15, -0.1) is 0 Å². The van der Waals surface area contributed by atoms with Gasteiger partial charge in [0, 0.05) is 13.1 Å². The van der Waals surface area contributed by atoms with Crippen molar-refractivity contribution >= 4 is 17.3 Å². The molecule has 2 aliphatic heterocycles. The van der Waals surface area contributed by atoms with Gasteiger partial charge >= 0.3 is 6.18 Å².